The first kappa shape index (κ1) is 8.51. The van der Waals surface area contributed by atoms with E-state index in [0.717, 1.165) is 13.1 Å². The van der Waals surface area contributed by atoms with E-state index in [4.69, 9.17) is 10.00 Å². The van der Waals surface area contributed by atoms with Crippen LogP contribution in [0.2, 0.25) is 0 Å². The van der Waals surface area contributed by atoms with Crippen LogP contribution in [0.15, 0.2) is 0 Å². The molecule has 1 fully saturated rings. The molecule has 0 spiro atoms. The van der Waals surface area contributed by atoms with Gasteiger partial charge in [0.25, 0.3) is 0 Å². The second kappa shape index (κ2) is 2.80. The molecule has 0 aromatic rings. The predicted molar refractivity (Wildman–Crippen MR) is 42.1 cm³/mol. The molecule has 62 valence electrons. The standard InChI is InChI=1S/C8H14N2O/c1-7(4-9)10-5-8(2,6-10)11-3/h7H,5-6H2,1-3H3. The Kier molecular flexibility index (Phi) is 2.17. The van der Waals surface area contributed by atoms with E-state index in [0.29, 0.717) is 0 Å². The van der Waals surface area contributed by atoms with Crippen LogP contribution in [0.4, 0.5) is 0 Å². The molecule has 1 rings (SSSR count). The molecule has 3 heteroatoms. The van der Waals surface area contributed by atoms with Crippen molar-refractivity contribution in [2.45, 2.75) is 25.5 Å². The fourth-order valence-corrected chi connectivity index (χ4v) is 1.30. The van der Waals surface area contributed by atoms with Crippen molar-refractivity contribution in [2.24, 2.45) is 0 Å². The third-order valence-electron chi connectivity index (χ3n) is 2.30. The fraction of sp³-hybridized carbons (Fsp3) is 0.875. The number of nitriles is 1. The Morgan fingerprint density at radius 2 is 2.18 bits per heavy atom. The van der Waals surface area contributed by atoms with Gasteiger partial charge in [-0.1, -0.05) is 0 Å². The molecule has 0 N–H and O–H groups in total. The van der Waals surface area contributed by atoms with Crippen LogP contribution in [0.1, 0.15) is 13.8 Å². The van der Waals surface area contributed by atoms with Gasteiger partial charge < -0.3 is 4.74 Å². The fourth-order valence-electron chi connectivity index (χ4n) is 1.30. The molecule has 0 aromatic carbocycles. The molecule has 0 aliphatic carbocycles. The smallest absolute Gasteiger partial charge is 0.0951 e. The monoisotopic (exact) mass is 154 g/mol. The molecule has 1 saturated heterocycles. The van der Waals surface area contributed by atoms with Crippen molar-refractivity contribution in [3.05, 3.63) is 0 Å². The summed E-state index contributed by atoms with van der Waals surface area (Å²) in [6.45, 7) is 5.72. The van der Waals surface area contributed by atoms with Gasteiger partial charge in [0.15, 0.2) is 0 Å². The van der Waals surface area contributed by atoms with Gasteiger partial charge in [0.1, 0.15) is 0 Å². The quantitative estimate of drug-likeness (QED) is 0.585. The van der Waals surface area contributed by atoms with Crippen molar-refractivity contribution in [3.8, 4) is 6.07 Å². The van der Waals surface area contributed by atoms with E-state index in [1.165, 1.54) is 0 Å². The van der Waals surface area contributed by atoms with Crippen LogP contribution in [0.25, 0.3) is 0 Å². The second-order valence-corrected chi connectivity index (χ2v) is 3.36. The van der Waals surface area contributed by atoms with E-state index in [-0.39, 0.29) is 11.6 Å². The third kappa shape index (κ3) is 1.52. The topological polar surface area (TPSA) is 36.3 Å². The van der Waals surface area contributed by atoms with Gasteiger partial charge in [0.05, 0.1) is 17.7 Å². The average molecular weight is 154 g/mol. The van der Waals surface area contributed by atoms with Crippen LogP contribution in [0.5, 0.6) is 0 Å². The molecule has 0 radical (unpaired) electrons. The minimum atomic E-state index is -0.00882. The molecule has 1 aliphatic heterocycles. The zero-order chi connectivity index (χ0) is 8.48. The SMILES string of the molecule is COC1(C)CN(C(C)C#N)C1. The molecule has 1 aliphatic rings. The van der Waals surface area contributed by atoms with Crippen LogP contribution < -0.4 is 0 Å². The summed E-state index contributed by atoms with van der Waals surface area (Å²) >= 11 is 0. The van der Waals surface area contributed by atoms with Crippen LogP contribution in [-0.4, -0.2) is 36.7 Å². The zero-order valence-electron chi connectivity index (χ0n) is 7.29. The summed E-state index contributed by atoms with van der Waals surface area (Å²) in [6, 6.07) is 2.23. The first-order valence-corrected chi connectivity index (χ1v) is 3.80. The molecular weight excluding hydrogens is 140 g/mol. The Bertz CT molecular complexity index is 179. The lowest BCUT2D eigenvalue weighted by molar-refractivity contribution is -0.117. The van der Waals surface area contributed by atoms with E-state index < -0.39 is 0 Å². The molecule has 3 nitrogen and oxygen atoms in total. The second-order valence-electron chi connectivity index (χ2n) is 3.36. The summed E-state index contributed by atoms with van der Waals surface area (Å²) in [5, 5.41) is 8.58. The molecule has 1 atom stereocenters. The van der Waals surface area contributed by atoms with Crippen molar-refractivity contribution in [2.75, 3.05) is 20.2 Å². The highest BCUT2D eigenvalue weighted by molar-refractivity contribution is 5.01. The minimum absolute atomic E-state index is 0.00882. The highest BCUT2D eigenvalue weighted by atomic mass is 16.5. The van der Waals surface area contributed by atoms with E-state index in [1.807, 2.05) is 6.92 Å². The summed E-state index contributed by atoms with van der Waals surface area (Å²) < 4.78 is 5.25. The first-order chi connectivity index (χ1) is 5.11. The van der Waals surface area contributed by atoms with E-state index in [9.17, 15) is 0 Å². The third-order valence-corrected chi connectivity index (χ3v) is 2.30. The normalized spacial score (nSPS) is 25.3. The number of rotatable bonds is 2. The van der Waals surface area contributed by atoms with Crippen molar-refractivity contribution >= 4 is 0 Å². The molecule has 0 saturated carbocycles. The minimum Gasteiger partial charge on any atom is -0.376 e. The number of likely N-dealkylation sites (tertiary alicyclic amines) is 1. The van der Waals surface area contributed by atoms with Gasteiger partial charge in [0, 0.05) is 20.2 Å². The van der Waals surface area contributed by atoms with Gasteiger partial charge in [-0.3, -0.25) is 4.90 Å². The number of ether oxygens (including phenoxy) is 1. The molecule has 0 bridgehead atoms. The molecule has 1 heterocycles. The Hall–Kier alpha value is -0.590. The van der Waals surface area contributed by atoms with Gasteiger partial charge in [0.2, 0.25) is 0 Å². The molecule has 0 aromatic heterocycles. The van der Waals surface area contributed by atoms with Crippen LogP contribution >= 0.6 is 0 Å². The highest BCUT2D eigenvalue weighted by Gasteiger charge is 2.40. The molecule has 1 unspecified atom stereocenters. The summed E-state index contributed by atoms with van der Waals surface area (Å²) in [5.41, 5.74) is -0.00882. The summed E-state index contributed by atoms with van der Waals surface area (Å²) in [7, 11) is 1.72. The largest absolute Gasteiger partial charge is 0.376 e. The number of hydrogen-bond donors (Lipinski definition) is 0. The summed E-state index contributed by atoms with van der Waals surface area (Å²) in [5.74, 6) is 0. The molecule has 11 heavy (non-hydrogen) atoms. The van der Waals surface area contributed by atoms with Gasteiger partial charge in [-0.15, -0.1) is 0 Å². The molecule has 0 amide bonds. The van der Waals surface area contributed by atoms with Gasteiger partial charge >= 0.3 is 0 Å². The Morgan fingerprint density at radius 3 is 2.55 bits per heavy atom. The Morgan fingerprint density at radius 1 is 1.64 bits per heavy atom. The van der Waals surface area contributed by atoms with Crippen molar-refractivity contribution in [1.82, 2.24) is 4.90 Å². The Balaban J connectivity index is 2.35. The summed E-state index contributed by atoms with van der Waals surface area (Å²) in [6.07, 6.45) is 0. The van der Waals surface area contributed by atoms with Crippen LogP contribution in [0.3, 0.4) is 0 Å². The van der Waals surface area contributed by atoms with Gasteiger partial charge in [-0.2, -0.15) is 5.26 Å². The maximum atomic E-state index is 8.58. The number of methoxy groups -OCH3 is 1. The average Bonchev–Trinajstić information content (AvgIpc) is 1.97. The number of hydrogen-bond acceptors (Lipinski definition) is 3. The first-order valence-electron chi connectivity index (χ1n) is 3.80. The zero-order valence-corrected chi connectivity index (χ0v) is 7.29. The van der Waals surface area contributed by atoms with Crippen molar-refractivity contribution < 1.29 is 4.74 Å². The predicted octanol–water partition coefficient (Wildman–Crippen LogP) is 0.619. The van der Waals surface area contributed by atoms with E-state index in [1.54, 1.807) is 7.11 Å². The van der Waals surface area contributed by atoms with Crippen molar-refractivity contribution in [1.29, 1.82) is 5.26 Å². The van der Waals surface area contributed by atoms with Gasteiger partial charge in [-0.25, -0.2) is 0 Å². The molecular formula is C8H14N2O. The van der Waals surface area contributed by atoms with E-state index in [2.05, 4.69) is 17.9 Å². The Labute approximate surface area is 67.6 Å². The lowest BCUT2D eigenvalue weighted by Crippen LogP contribution is -2.63. The van der Waals surface area contributed by atoms with Crippen molar-refractivity contribution in [3.63, 3.8) is 0 Å². The van der Waals surface area contributed by atoms with E-state index >= 15 is 0 Å². The van der Waals surface area contributed by atoms with Crippen LogP contribution in [-0.2, 0) is 4.74 Å². The summed E-state index contributed by atoms with van der Waals surface area (Å²) in [4.78, 5) is 2.10. The van der Waals surface area contributed by atoms with Crippen LogP contribution in [0, 0.1) is 11.3 Å². The maximum absolute atomic E-state index is 8.58. The number of nitrogens with zero attached hydrogens (tertiary/aromatic N) is 2. The maximum Gasteiger partial charge on any atom is 0.0951 e. The van der Waals surface area contributed by atoms with Gasteiger partial charge in [-0.05, 0) is 13.8 Å². The highest BCUT2D eigenvalue weighted by Crippen LogP contribution is 2.25. The lowest BCUT2D eigenvalue weighted by Gasteiger charge is -2.48. The lowest BCUT2D eigenvalue weighted by atomic mass is 9.95.